The molecule has 1 aliphatic rings. The van der Waals surface area contributed by atoms with Crippen molar-refractivity contribution in [3.05, 3.63) is 65.2 Å². The SMILES string of the molecule is CO.Cc1nn(C)cc1-c1ccccc1-c1nc2cc(C(=O)N3CCNC(=O)C3)ccn2c1Cl. The molecule has 1 fully saturated rings. The monoisotopic (exact) mass is 480 g/mol. The molecule has 1 saturated heterocycles. The van der Waals surface area contributed by atoms with Crippen LogP contribution in [0.1, 0.15) is 16.1 Å². The zero-order chi connectivity index (χ0) is 24.4. The minimum absolute atomic E-state index is 0.0578. The molecule has 4 heterocycles. The highest BCUT2D eigenvalue weighted by atomic mass is 35.5. The lowest BCUT2D eigenvalue weighted by Crippen LogP contribution is -2.49. The minimum atomic E-state index is -0.200. The molecule has 2 N–H and O–H groups in total. The van der Waals surface area contributed by atoms with Gasteiger partial charge in [-0.15, -0.1) is 0 Å². The lowest BCUT2D eigenvalue weighted by Gasteiger charge is -2.26. The van der Waals surface area contributed by atoms with Gasteiger partial charge in [0, 0.05) is 56.3 Å². The van der Waals surface area contributed by atoms with E-state index in [9.17, 15) is 9.59 Å². The maximum absolute atomic E-state index is 12.9. The van der Waals surface area contributed by atoms with Crippen LogP contribution in [0.15, 0.2) is 48.8 Å². The number of piperazine rings is 1. The van der Waals surface area contributed by atoms with Gasteiger partial charge in [-0.25, -0.2) is 4.98 Å². The van der Waals surface area contributed by atoms with Crippen molar-refractivity contribution in [3.63, 3.8) is 0 Å². The van der Waals surface area contributed by atoms with E-state index in [4.69, 9.17) is 21.7 Å². The summed E-state index contributed by atoms with van der Waals surface area (Å²) in [6.45, 7) is 2.96. The maximum atomic E-state index is 12.9. The summed E-state index contributed by atoms with van der Waals surface area (Å²) >= 11 is 6.73. The number of pyridine rings is 1. The number of hydrogen-bond acceptors (Lipinski definition) is 5. The second kappa shape index (κ2) is 9.66. The van der Waals surface area contributed by atoms with E-state index in [2.05, 4.69) is 10.4 Å². The van der Waals surface area contributed by atoms with Crippen molar-refractivity contribution in [1.82, 2.24) is 29.4 Å². The van der Waals surface area contributed by atoms with Gasteiger partial charge in [-0.2, -0.15) is 5.10 Å². The summed E-state index contributed by atoms with van der Waals surface area (Å²) in [7, 11) is 2.89. The Balaban J connectivity index is 0.00000133. The highest BCUT2D eigenvalue weighted by Gasteiger charge is 2.24. The molecule has 0 bridgehead atoms. The third kappa shape index (κ3) is 4.27. The van der Waals surface area contributed by atoms with Gasteiger partial charge in [-0.05, 0) is 24.6 Å². The molecule has 4 aromatic rings. The molecule has 3 aromatic heterocycles. The molecule has 1 aromatic carbocycles. The Morgan fingerprint density at radius 3 is 2.56 bits per heavy atom. The number of aliphatic hydroxyl groups is 1. The van der Waals surface area contributed by atoms with Crippen LogP contribution in [-0.2, 0) is 11.8 Å². The second-order valence-electron chi connectivity index (χ2n) is 7.82. The van der Waals surface area contributed by atoms with E-state index in [0.717, 1.165) is 29.5 Å². The number of rotatable bonds is 3. The quantitative estimate of drug-likeness (QED) is 0.469. The fraction of sp³-hybridized carbons (Fsp3) is 0.250. The number of imidazole rings is 1. The van der Waals surface area contributed by atoms with Crippen molar-refractivity contribution >= 4 is 29.1 Å². The topological polar surface area (TPSA) is 105 Å². The predicted molar refractivity (Wildman–Crippen MR) is 130 cm³/mol. The van der Waals surface area contributed by atoms with Crippen molar-refractivity contribution in [2.45, 2.75) is 6.92 Å². The molecule has 0 saturated carbocycles. The van der Waals surface area contributed by atoms with E-state index in [1.165, 1.54) is 4.90 Å². The molecular formula is C24H25ClN6O3. The number of aromatic nitrogens is 4. The highest BCUT2D eigenvalue weighted by Crippen LogP contribution is 2.37. The molecule has 1 aliphatic heterocycles. The van der Waals surface area contributed by atoms with Crippen molar-refractivity contribution in [2.24, 2.45) is 7.05 Å². The van der Waals surface area contributed by atoms with Gasteiger partial charge >= 0.3 is 0 Å². The van der Waals surface area contributed by atoms with E-state index in [0.29, 0.717) is 35.1 Å². The molecule has 2 amide bonds. The standard InChI is InChI=1S/C23H21ClN6O2.CH4O/c1-14-18(12-28(2)27-14)16-5-3-4-6-17(16)21-22(24)30-9-7-15(11-19(30)26-21)23(32)29-10-8-25-20(31)13-29;1-2/h3-7,9,11-12H,8,10,13H2,1-2H3,(H,25,31);2H,1H3. The lowest BCUT2D eigenvalue weighted by atomic mass is 9.99. The van der Waals surface area contributed by atoms with Gasteiger partial charge in [0.1, 0.15) is 16.5 Å². The zero-order valence-electron chi connectivity index (χ0n) is 19.1. The normalized spacial score (nSPS) is 13.4. The van der Waals surface area contributed by atoms with Crippen LogP contribution in [-0.4, -0.2) is 67.7 Å². The summed E-state index contributed by atoms with van der Waals surface area (Å²) < 4.78 is 3.54. The number of amides is 2. The van der Waals surface area contributed by atoms with Crippen LogP contribution in [0.5, 0.6) is 0 Å². The van der Waals surface area contributed by atoms with Gasteiger partial charge in [0.2, 0.25) is 5.91 Å². The first-order valence-corrected chi connectivity index (χ1v) is 11.1. The third-order valence-electron chi connectivity index (χ3n) is 5.63. The summed E-state index contributed by atoms with van der Waals surface area (Å²) in [6.07, 6.45) is 3.72. The Morgan fingerprint density at radius 1 is 1.15 bits per heavy atom. The average molecular weight is 481 g/mol. The fourth-order valence-corrected chi connectivity index (χ4v) is 4.39. The lowest BCUT2D eigenvalue weighted by molar-refractivity contribution is -0.123. The first-order valence-electron chi connectivity index (χ1n) is 10.7. The van der Waals surface area contributed by atoms with Gasteiger partial charge in [-0.3, -0.25) is 18.7 Å². The minimum Gasteiger partial charge on any atom is -0.400 e. The van der Waals surface area contributed by atoms with Gasteiger partial charge in [0.15, 0.2) is 0 Å². The van der Waals surface area contributed by atoms with Crippen molar-refractivity contribution < 1.29 is 14.7 Å². The Hall–Kier alpha value is -3.69. The largest absolute Gasteiger partial charge is 0.400 e. The first-order chi connectivity index (χ1) is 16.4. The summed E-state index contributed by atoms with van der Waals surface area (Å²) in [5, 5.41) is 14.6. The predicted octanol–water partition coefficient (Wildman–Crippen LogP) is 2.54. The summed E-state index contributed by atoms with van der Waals surface area (Å²) in [5.74, 6) is -0.353. The van der Waals surface area contributed by atoms with E-state index in [1.54, 1.807) is 27.4 Å². The molecule has 0 aliphatic carbocycles. The number of carbonyl (C=O) groups excluding carboxylic acids is 2. The number of benzene rings is 1. The van der Waals surface area contributed by atoms with Crippen molar-refractivity contribution in [2.75, 3.05) is 26.7 Å². The Kier molecular flexibility index (Phi) is 6.67. The number of hydrogen-bond donors (Lipinski definition) is 2. The second-order valence-corrected chi connectivity index (χ2v) is 8.18. The zero-order valence-corrected chi connectivity index (χ0v) is 19.9. The molecule has 0 unspecified atom stereocenters. The number of aryl methyl sites for hydroxylation is 2. The van der Waals surface area contributed by atoms with Crippen LogP contribution in [0.3, 0.4) is 0 Å². The molecule has 0 spiro atoms. The van der Waals surface area contributed by atoms with Gasteiger partial charge < -0.3 is 15.3 Å². The van der Waals surface area contributed by atoms with Crippen molar-refractivity contribution in [3.8, 4) is 22.4 Å². The van der Waals surface area contributed by atoms with Crippen LogP contribution in [0.25, 0.3) is 28.0 Å². The van der Waals surface area contributed by atoms with E-state index in [1.807, 2.05) is 44.4 Å². The average Bonchev–Trinajstić information content (AvgIpc) is 3.37. The molecule has 176 valence electrons. The molecule has 10 heteroatoms. The fourth-order valence-electron chi connectivity index (χ4n) is 4.10. The number of fused-ring (bicyclic) bond motifs is 1. The molecule has 34 heavy (non-hydrogen) atoms. The molecular weight excluding hydrogens is 456 g/mol. The maximum Gasteiger partial charge on any atom is 0.254 e. The molecule has 5 rings (SSSR count). The summed E-state index contributed by atoms with van der Waals surface area (Å²) in [6, 6.07) is 11.3. The number of nitrogens with zero attached hydrogens (tertiary/aromatic N) is 5. The van der Waals surface area contributed by atoms with Crippen LogP contribution >= 0.6 is 11.6 Å². The van der Waals surface area contributed by atoms with Crippen molar-refractivity contribution in [1.29, 1.82) is 0 Å². The van der Waals surface area contributed by atoms with Crippen LogP contribution < -0.4 is 5.32 Å². The number of nitrogens with one attached hydrogen (secondary N) is 1. The Labute approximate surface area is 201 Å². The number of carbonyl (C=O) groups is 2. The molecule has 0 radical (unpaired) electrons. The third-order valence-corrected chi connectivity index (χ3v) is 5.99. The van der Waals surface area contributed by atoms with E-state index >= 15 is 0 Å². The summed E-state index contributed by atoms with van der Waals surface area (Å²) in [4.78, 5) is 30.9. The smallest absolute Gasteiger partial charge is 0.254 e. The van der Waals surface area contributed by atoms with Crippen LogP contribution in [0.2, 0.25) is 5.15 Å². The van der Waals surface area contributed by atoms with Crippen LogP contribution in [0.4, 0.5) is 0 Å². The Morgan fingerprint density at radius 2 is 1.88 bits per heavy atom. The van der Waals surface area contributed by atoms with E-state index < -0.39 is 0 Å². The van der Waals surface area contributed by atoms with Gasteiger partial charge in [-0.1, -0.05) is 35.9 Å². The number of halogens is 1. The summed E-state index contributed by atoms with van der Waals surface area (Å²) in [5.41, 5.74) is 5.46. The molecule has 9 nitrogen and oxygen atoms in total. The van der Waals surface area contributed by atoms with Gasteiger partial charge in [0.05, 0.1) is 12.2 Å². The molecule has 0 atom stereocenters. The highest BCUT2D eigenvalue weighted by molar-refractivity contribution is 6.32. The first kappa shape index (κ1) is 23.5. The van der Waals surface area contributed by atoms with Crippen LogP contribution in [0, 0.1) is 6.92 Å². The number of aliphatic hydroxyl groups excluding tert-OH is 1. The Bertz CT molecular complexity index is 1380. The van der Waals surface area contributed by atoms with Gasteiger partial charge in [0.25, 0.3) is 5.91 Å². The van der Waals surface area contributed by atoms with E-state index in [-0.39, 0.29) is 18.4 Å².